The summed E-state index contributed by atoms with van der Waals surface area (Å²) in [5.74, 6) is -0.896. The van der Waals surface area contributed by atoms with Crippen molar-refractivity contribution in [3.63, 3.8) is 0 Å². The van der Waals surface area contributed by atoms with Gasteiger partial charge in [-0.15, -0.1) is 0 Å². The van der Waals surface area contributed by atoms with E-state index in [1.54, 1.807) is 20.8 Å². The third-order valence-electron chi connectivity index (χ3n) is 3.66. The number of ether oxygens (including phenoxy) is 2. The molecule has 1 aliphatic rings. The quantitative estimate of drug-likeness (QED) is 0.732. The number of hydrogen-bond acceptors (Lipinski definition) is 3. The van der Waals surface area contributed by atoms with Gasteiger partial charge >= 0.3 is 6.09 Å². The van der Waals surface area contributed by atoms with Crippen molar-refractivity contribution in [3.8, 4) is 0 Å². The van der Waals surface area contributed by atoms with Gasteiger partial charge in [0.2, 0.25) is 0 Å². The number of nitrogens with zero attached hydrogens (tertiary/aromatic N) is 1. The van der Waals surface area contributed by atoms with E-state index in [9.17, 15) is 22.4 Å². The number of amides is 1. The van der Waals surface area contributed by atoms with Gasteiger partial charge in [-0.1, -0.05) is 12.1 Å². The Kier molecular flexibility index (Phi) is 5.92. The molecule has 0 spiro atoms. The van der Waals surface area contributed by atoms with Crippen LogP contribution in [0.1, 0.15) is 32.4 Å². The highest BCUT2D eigenvalue weighted by Crippen LogP contribution is 2.35. The molecule has 1 heterocycles. The summed E-state index contributed by atoms with van der Waals surface area (Å²) < 4.78 is 61.5. The van der Waals surface area contributed by atoms with Gasteiger partial charge in [-0.2, -0.15) is 0 Å². The summed E-state index contributed by atoms with van der Waals surface area (Å²) in [4.78, 5) is 13.3. The van der Waals surface area contributed by atoms with Gasteiger partial charge in [0.15, 0.2) is 0 Å². The van der Waals surface area contributed by atoms with Crippen molar-refractivity contribution in [3.05, 3.63) is 35.6 Å². The van der Waals surface area contributed by atoms with E-state index >= 15 is 0 Å². The fourth-order valence-electron chi connectivity index (χ4n) is 2.49. The first-order chi connectivity index (χ1) is 11.6. The van der Waals surface area contributed by atoms with Crippen LogP contribution in [0, 0.1) is 11.7 Å². The normalized spacial score (nSPS) is 18.0. The second-order valence-corrected chi connectivity index (χ2v) is 6.94. The third kappa shape index (κ3) is 5.32. The molecule has 4 nitrogen and oxygen atoms in total. The van der Waals surface area contributed by atoms with E-state index < -0.39 is 42.3 Å². The number of rotatable bonds is 5. The molecule has 0 aliphatic carbocycles. The minimum atomic E-state index is -3.29. The molecule has 2 rings (SSSR count). The third-order valence-corrected chi connectivity index (χ3v) is 3.66. The average molecular weight is 363 g/mol. The molecule has 140 valence electrons. The lowest BCUT2D eigenvalue weighted by Crippen LogP contribution is -2.54. The van der Waals surface area contributed by atoms with Crippen molar-refractivity contribution >= 4 is 6.09 Å². The molecule has 8 heteroatoms. The van der Waals surface area contributed by atoms with Crippen molar-refractivity contribution in [2.45, 2.75) is 45.3 Å². The molecule has 1 amide bonds. The molecule has 1 saturated heterocycles. The van der Waals surface area contributed by atoms with Crippen LogP contribution in [0.15, 0.2) is 24.3 Å². The predicted molar refractivity (Wildman–Crippen MR) is 82.4 cm³/mol. The minimum absolute atomic E-state index is 0.174. The Morgan fingerprint density at radius 1 is 1.16 bits per heavy atom. The minimum Gasteiger partial charge on any atom is -0.444 e. The van der Waals surface area contributed by atoms with Crippen molar-refractivity contribution in [1.29, 1.82) is 0 Å². The van der Waals surface area contributed by atoms with Crippen LogP contribution in [-0.4, -0.2) is 42.5 Å². The first-order valence-corrected chi connectivity index (χ1v) is 7.88. The second kappa shape index (κ2) is 7.59. The van der Waals surface area contributed by atoms with E-state index in [0.29, 0.717) is 5.56 Å². The smallest absolute Gasteiger partial charge is 0.410 e. The van der Waals surface area contributed by atoms with Crippen LogP contribution in [-0.2, 0) is 9.47 Å². The maximum absolute atomic E-state index is 13.4. The highest BCUT2D eigenvalue weighted by molar-refractivity contribution is 5.69. The molecule has 2 unspecified atom stereocenters. The Labute approximate surface area is 143 Å². The molecule has 0 aromatic heterocycles. The second-order valence-electron chi connectivity index (χ2n) is 6.94. The summed E-state index contributed by atoms with van der Waals surface area (Å²) in [7, 11) is 0. The average Bonchev–Trinajstić information content (AvgIpc) is 2.43. The topological polar surface area (TPSA) is 38.8 Å². The van der Waals surface area contributed by atoms with E-state index in [4.69, 9.17) is 9.47 Å². The van der Waals surface area contributed by atoms with Crippen LogP contribution in [0.25, 0.3) is 0 Å². The largest absolute Gasteiger partial charge is 0.444 e. The van der Waals surface area contributed by atoms with Gasteiger partial charge in [-0.25, -0.2) is 22.4 Å². The molecule has 2 atom stereocenters. The summed E-state index contributed by atoms with van der Waals surface area (Å²) in [6.45, 7) is 5.52. The number of benzene rings is 1. The Balaban J connectivity index is 2.05. The first-order valence-electron chi connectivity index (χ1n) is 7.88. The molecule has 1 fully saturated rings. The van der Waals surface area contributed by atoms with E-state index in [2.05, 4.69) is 0 Å². The lowest BCUT2D eigenvalue weighted by molar-refractivity contribution is -0.183. The SMILES string of the molecule is CC(C)(C)OC(=O)N1CC(C(OC(F)C(F)F)c2ccc(F)cc2)C1. The van der Waals surface area contributed by atoms with Gasteiger partial charge in [-0.3, -0.25) is 0 Å². The molecule has 1 aliphatic heterocycles. The molecule has 1 aromatic rings. The zero-order chi connectivity index (χ0) is 18.8. The van der Waals surface area contributed by atoms with Crippen LogP contribution in [0.5, 0.6) is 0 Å². The van der Waals surface area contributed by atoms with Crippen LogP contribution in [0.4, 0.5) is 22.4 Å². The molecule has 0 saturated carbocycles. The summed E-state index contributed by atoms with van der Waals surface area (Å²) in [5.41, 5.74) is -0.284. The van der Waals surface area contributed by atoms with E-state index in [0.717, 1.165) is 12.1 Å². The van der Waals surface area contributed by atoms with Gasteiger partial charge in [0.25, 0.3) is 12.8 Å². The molecular formula is C17H21F4NO3. The van der Waals surface area contributed by atoms with Gasteiger partial charge in [-0.05, 0) is 38.5 Å². The highest BCUT2D eigenvalue weighted by atomic mass is 19.3. The van der Waals surface area contributed by atoms with Crippen LogP contribution < -0.4 is 0 Å². The van der Waals surface area contributed by atoms with Crippen molar-refractivity contribution in [1.82, 2.24) is 4.90 Å². The number of alkyl halides is 3. The number of carbonyl (C=O) groups excluding carboxylic acids is 1. The molecule has 0 radical (unpaired) electrons. The molecule has 0 bridgehead atoms. The summed E-state index contributed by atoms with van der Waals surface area (Å²) in [5, 5.41) is 0. The predicted octanol–water partition coefficient (Wildman–Crippen LogP) is 4.31. The van der Waals surface area contributed by atoms with E-state index in [1.807, 2.05) is 0 Å². The summed E-state index contributed by atoms with van der Waals surface area (Å²) >= 11 is 0. The molecule has 25 heavy (non-hydrogen) atoms. The van der Waals surface area contributed by atoms with Crippen molar-refractivity contribution in [2.24, 2.45) is 5.92 Å². The number of hydrogen-bond donors (Lipinski definition) is 0. The van der Waals surface area contributed by atoms with Gasteiger partial charge in [0, 0.05) is 19.0 Å². The Morgan fingerprint density at radius 2 is 1.72 bits per heavy atom. The molecule has 1 aromatic carbocycles. The monoisotopic (exact) mass is 363 g/mol. The number of likely N-dealkylation sites (tertiary alicyclic amines) is 1. The summed E-state index contributed by atoms with van der Waals surface area (Å²) in [6.07, 6.45) is -7.59. The van der Waals surface area contributed by atoms with E-state index in [-0.39, 0.29) is 13.1 Å². The van der Waals surface area contributed by atoms with E-state index in [1.165, 1.54) is 17.0 Å². The number of carbonyl (C=O) groups is 1. The fraction of sp³-hybridized carbons (Fsp3) is 0.588. The maximum atomic E-state index is 13.4. The summed E-state index contributed by atoms with van der Waals surface area (Å²) in [6, 6.07) is 5.00. The van der Waals surface area contributed by atoms with Crippen molar-refractivity contribution < 1.29 is 31.8 Å². The van der Waals surface area contributed by atoms with Gasteiger partial charge in [0.1, 0.15) is 11.4 Å². The van der Waals surface area contributed by atoms with Gasteiger partial charge in [0.05, 0.1) is 6.10 Å². The Hall–Kier alpha value is -1.83. The lowest BCUT2D eigenvalue weighted by Gasteiger charge is -2.43. The Bertz CT molecular complexity index is 583. The first kappa shape index (κ1) is 19.5. The van der Waals surface area contributed by atoms with Crippen LogP contribution in [0.2, 0.25) is 0 Å². The zero-order valence-corrected chi connectivity index (χ0v) is 14.2. The van der Waals surface area contributed by atoms with Crippen LogP contribution >= 0.6 is 0 Å². The Morgan fingerprint density at radius 3 is 2.20 bits per heavy atom. The zero-order valence-electron chi connectivity index (χ0n) is 14.2. The van der Waals surface area contributed by atoms with Crippen LogP contribution in [0.3, 0.4) is 0 Å². The lowest BCUT2D eigenvalue weighted by atomic mass is 9.89. The fourth-order valence-corrected chi connectivity index (χ4v) is 2.49. The van der Waals surface area contributed by atoms with Crippen molar-refractivity contribution in [2.75, 3.05) is 13.1 Å². The molecular weight excluding hydrogens is 342 g/mol. The number of halogens is 4. The maximum Gasteiger partial charge on any atom is 0.410 e. The highest BCUT2D eigenvalue weighted by Gasteiger charge is 2.41. The molecule has 0 N–H and O–H groups in total. The van der Waals surface area contributed by atoms with Gasteiger partial charge < -0.3 is 14.4 Å². The standard InChI is InChI=1S/C17H21F4NO3/c1-17(2,3)25-16(23)22-8-11(9-22)13(24-15(21)14(19)20)10-4-6-12(18)7-5-10/h4-7,11,13-15H,8-9H2,1-3H3.